The van der Waals surface area contributed by atoms with E-state index in [0.717, 1.165) is 24.3 Å². The lowest BCUT2D eigenvalue weighted by Crippen LogP contribution is -2.24. The van der Waals surface area contributed by atoms with Crippen molar-refractivity contribution >= 4 is 11.6 Å². The Hall–Kier alpha value is -3.30. The van der Waals surface area contributed by atoms with Crippen molar-refractivity contribution in [2.75, 3.05) is 11.4 Å². The SMILES string of the molecule is O=C1CC(c2nc(-c3ccc(C(F)(F)F)cc3)no2)CN1c1ccc(F)c(F)c1. The summed E-state index contributed by atoms with van der Waals surface area (Å²) in [6.07, 6.45) is -4.43. The first kappa shape index (κ1) is 19.0. The number of amides is 1. The topological polar surface area (TPSA) is 59.2 Å². The fraction of sp³-hybridized carbons (Fsp3) is 0.211. The van der Waals surface area contributed by atoms with Crippen molar-refractivity contribution in [2.45, 2.75) is 18.5 Å². The number of nitrogens with zero attached hydrogens (tertiary/aromatic N) is 3. The van der Waals surface area contributed by atoms with Crippen LogP contribution in [0.15, 0.2) is 47.0 Å². The van der Waals surface area contributed by atoms with Gasteiger partial charge in [0, 0.05) is 30.3 Å². The van der Waals surface area contributed by atoms with Crippen LogP contribution in [0, 0.1) is 11.6 Å². The van der Waals surface area contributed by atoms with Gasteiger partial charge in [-0.2, -0.15) is 18.2 Å². The van der Waals surface area contributed by atoms with Crippen LogP contribution < -0.4 is 4.90 Å². The number of benzene rings is 2. The van der Waals surface area contributed by atoms with Crippen molar-refractivity contribution < 1.29 is 31.3 Å². The van der Waals surface area contributed by atoms with Gasteiger partial charge in [0.2, 0.25) is 17.6 Å². The van der Waals surface area contributed by atoms with Crippen molar-refractivity contribution in [2.24, 2.45) is 0 Å². The highest BCUT2D eigenvalue weighted by atomic mass is 19.4. The lowest BCUT2D eigenvalue weighted by Gasteiger charge is -2.16. The fourth-order valence-corrected chi connectivity index (χ4v) is 3.10. The maximum Gasteiger partial charge on any atom is 0.416 e. The number of rotatable bonds is 3. The summed E-state index contributed by atoms with van der Waals surface area (Å²) in [6.45, 7) is 0.124. The highest BCUT2D eigenvalue weighted by Gasteiger charge is 2.35. The second-order valence-electron chi connectivity index (χ2n) is 6.54. The smallest absolute Gasteiger partial charge is 0.339 e. The minimum atomic E-state index is -4.45. The molecule has 3 aromatic rings. The summed E-state index contributed by atoms with van der Waals surface area (Å²) < 4.78 is 69.7. The predicted octanol–water partition coefficient (Wildman–Crippen LogP) is 4.55. The average Bonchev–Trinajstić information content (AvgIpc) is 3.30. The Morgan fingerprint density at radius 1 is 1.03 bits per heavy atom. The summed E-state index contributed by atoms with van der Waals surface area (Å²) in [5, 5.41) is 3.76. The molecule has 1 aliphatic rings. The highest BCUT2D eigenvalue weighted by molar-refractivity contribution is 5.96. The Balaban J connectivity index is 1.52. The van der Waals surface area contributed by atoms with Gasteiger partial charge < -0.3 is 9.42 Å². The Kier molecular flexibility index (Phi) is 4.56. The molecule has 0 N–H and O–H groups in total. The maximum absolute atomic E-state index is 13.4. The first-order valence-corrected chi connectivity index (χ1v) is 8.49. The lowest BCUT2D eigenvalue weighted by atomic mass is 10.1. The normalized spacial score (nSPS) is 17.2. The van der Waals surface area contributed by atoms with Gasteiger partial charge in [-0.05, 0) is 24.3 Å². The van der Waals surface area contributed by atoms with E-state index < -0.39 is 29.3 Å². The molecule has 1 fully saturated rings. The van der Waals surface area contributed by atoms with Gasteiger partial charge in [-0.3, -0.25) is 4.79 Å². The summed E-state index contributed by atoms with van der Waals surface area (Å²) in [4.78, 5) is 17.7. The van der Waals surface area contributed by atoms with Gasteiger partial charge >= 0.3 is 6.18 Å². The third-order valence-electron chi connectivity index (χ3n) is 4.60. The Bertz CT molecular complexity index is 1060. The molecule has 1 saturated heterocycles. The van der Waals surface area contributed by atoms with E-state index >= 15 is 0 Å². The Morgan fingerprint density at radius 3 is 2.41 bits per heavy atom. The van der Waals surface area contributed by atoms with Crippen LogP contribution in [0.3, 0.4) is 0 Å². The second-order valence-corrected chi connectivity index (χ2v) is 6.54. The van der Waals surface area contributed by atoms with E-state index in [1.807, 2.05) is 0 Å². The predicted molar refractivity (Wildman–Crippen MR) is 90.8 cm³/mol. The number of aromatic nitrogens is 2. The first-order chi connectivity index (χ1) is 13.7. The third kappa shape index (κ3) is 3.69. The van der Waals surface area contributed by atoms with Crippen LogP contribution in [0.5, 0.6) is 0 Å². The van der Waals surface area contributed by atoms with Gasteiger partial charge in [-0.1, -0.05) is 17.3 Å². The summed E-state index contributed by atoms with van der Waals surface area (Å²) in [7, 11) is 0. The van der Waals surface area contributed by atoms with Crippen LogP contribution >= 0.6 is 0 Å². The van der Waals surface area contributed by atoms with Gasteiger partial charge in [0.1, 0.15) is 0 Å². The number of halogens is 5. The first-order valence-electron chi connectivity index (χ1n) is 8.49. The number of anilines is 1. The number of hydrogen-bond acceptors (Lipinski definition) is 4. The molecule has 1 aliphatic heterocycles. The highest BCUT2D eigenvalue weighted by Crippen LogP contribution is 2.33. The standard InChI is InChI=1S/C19H12F5N3O2/c20-14-6-5-13(8-15(14)21)27-9-11(7-16(27)28)18-25-17(26-29-18)10-1-3-12(4-2-10)19(22,23)24/h1-6,8,11H,7,9H2. The molecule has 1 unspecified atom stereocenters. The van der Waals surface area contributed by atoms with Crippen molar-refractivity contribution in [1.82, 2.24) is 10.1 Å². The van der Waals surface area contributed by atoms with Gasteiger partial charge in [-0.15, -0.1) is 0 Å². The monoisotopic (exact) mass is 409 g/mol. The van der Waals surface area contributed by atoms with E-state index in [-0.39, 0.29) is 36.3 Å². The van der Waals surface area contributed by atoms with Gasteiger partial charge in [0.05, 0.1) is 11.5 Å². The molecule has 1 amide bonds. The van der Waals surface area contributed by atoms with Gasteiger partial charge in [0.15, 0.2) is 11.6 Å². The zero-order valence-corrected chi connectivity index (χ0v) is 14.6. The molecular formula is C19H12F5N3O2. The molecule has 1 atom stereocenters. The molecule has 150 valence electrons. The molecule has 0 spiro atoms. The van der Waals surface area contributed by atoms with Crippen LogP contribution in [0.4, 0.5) is 27.6 Å². The van der Waals surface area contributed by atoms with Crippen LogP contribution in [0.25, 0.3) is 11.4 Å². The van der Waals surface area contributed by atoms with E-state index in [9.17, 15) is 26.7 Å². The molecular weight excluding hydrogens is 397 g/mol. The fourth-order valence-electron chi connectivity index (χ4n) is 3.10. The van der Waals surface area contributed by atoms with Gasteiger partial charge in [-0.25, -0.2) is 8.78 Å². The van der Waals surface area contributed by atoms with E-state index in [0.29, 0.717) is 5.56 Å². The minimum Gasteiger partial charge on any atom is -0.339 e. The van der Waals surface area contributed by atoms with E-state index in [1.54, 1.807) is 0 Å². The maximum atomic E-state index is 13.4. The lowest BCUT2D eigenvalue weighted by molar-refractivity contribution is -0.137. The molecule has 1 aromatic heterocycles. The average molecular weight is 409 g/mol. The number of carbonyl (C=O) groups is 1. The number of hydrogen-bond donors (Lipinski definition) is 0. The summed E-state index contributed by atoms with van der Waals surface area (Å²) in [6, 6.07) is 7.43. The Morgan fingerprint density at radius 2 is 1.76 bits per heavy atom. The molecule has 5 nitrogen and oxygen atoms in total. The molecule has 29 heavy (non-hydrogen) atoms. The van der Waals surface area contributed by atoms with E-state index in [1.165, 1.54) is 23.1 Å². The Labute approximate surface area is 160 Å². The second kappa shape index (κ2) is 6.94. The third-order valence-corrected chi connectivity index (χ3v) is 4.60. The molecule has 2 heterocycles. The van der Waals surface area contributed by atoms with Gasteiger partial charge in [0.25, 0.3) is 0 Å². The largest absolute Gasteiger partial charge is 0.416 e. The molecule has 0 radical (unpaired) electrons. The molecule has 0 saturated carbocycles. The van der Waals surface area contributed by atoms with E-state index in [2.05, 4.69) is 10.1 Å². The molecule has 2 aromatic carbocycles. The van der Waals surface area contributed by atoms with Crippen molar-refractivity contribution in [3.05, 3.63) is 65.6 Å². The van der Waals surface area contributed by atoms with Crippen molar-refractivity contribution in [3.8, 4) is 11.4 Å². The number of alkyl halides is 3. The van der Waals surface area contributed by atoms with Crippen molar-refractivity contribution in [1.29, 1.82) is 0 Å². The minimum absolute atomic E-state index is 0.0215. The van der Waals surface area contributed by atoms with Crippen LogP contribution in [0.2, 0.25) is 0 Å². The summed E-state index contributed by atoms with van der Waals surface area (Å²) in [5.74, 6) is -2.66. The van der Waals surface area contributed by atoms with Crippen molar-refractivity contribution in [3.63, 3.8) is 0 Å². The van der Waals surface area contributed by atoms with Crippen LogP contribution in [-0.4, -0.2) is 22.6 Å². The zero-order valence-electron chi connectivity index (χ0n) is 14.6. The van der Waals surface area contributed by atoms with Crippen LogP contribution in [0.1, 0.15) is 23.8 Å². The summed E-state index contributed by atoms with van der Waals surface area (Å²) in [5.41, 5.74) is -0.262. The molecule has 0 aliphatic carbocycles. The molecule has 4 rings (SSSR count). The number of carbonyl (C=O) groups excluding carboxylic acids is 1. The zero-order chi connectivity index (χ0) is 20.8. The van der Waals surface area contributed by atoms with E-state index in [4.69, 9.17) is 4.52 Å². The molecule has 0 bridgehead atoms. The van der Waals surface area contributed by atoms with Crippen LogP contribution in [-0.2, 0) is 11.0 Å². The quantitative estimate of drug-likeness (QED) is 0.596. The molecule has 10 heteroatoms. The summed E-state index contributed by atoms with van der Waals surface area (Å²) >= 11 is 0.